The minimum atomic E-state index is -0.219. The highest BCUT2D eigenvalue weighted by Crippen LogP contribution is 2.38. The van der Waals surface area contributed by atoms with Crippen LogP contribution >= 0.6 is 0 Å². The van der Waals surface area contributed by atoms with Gasteiger partial charge in [0.05, 0.1) is 33.6 Å². The molecule has 0 atom stereocenters. The van der Waals surface area contributed by atoms with Crippen molar-refractivity contribution < 1.29 is 19.0 Å². The number of benzene rings is 1. The fourth-order valence-corrected chi connectivity index (χ4v) is 3.39. The van der Waals surface area contributed by atoms with E-state index in [2.05, 4.69) is 10.4 Å². The Hall–Kier alpha value is -2.96. The zero-order valence-corrected chi connectivity index (χ0v) is 15.9. The van der Waals surface area contributed by atoms with E-state index in [1.54, 1.807) is 45.7 Å². The van der Waals surface area contributed by atoms with Gasteiger partial charge in [-0.05, 0) is 36.6 Å². The molecule has 2 aromatic rings. The first-order valence-corrected chi connectivity index (χ1v) is 8.99. The van der Waals surface area contributed by atoms with Crippen LogP contribution in [-0.2, 0) is 4.79 Å². The predicted molar refractivity (Wildman–Crippen MR) is 103 cm³/mol. The van der Waals surface area contributed by atoms with E-state index >= 15 is 0 Å². The summed E-state index contributed by atoms with van der Waals surface area (Å²) in [4.78, 5) is 12.4. The van der Waals surface area contributed by atoms with Gasteiger partial charge in [0, 0.05) is 12.1 Å². The van der Waals surface area contributed by atoms with Gasteiger partial charge in [0.15, 0.2) is 11.5 Å². The van der Waals surface area contributed by atoms with Crippen LogP contribution in [0.15, 0.2) is 30.5 Å². The first-order chi connectivity index (χ1) is 13.2. The van der Waals surface area contributed by atoms with Crippen molar-refractivity contribution >= 4 is 17.8 Å². The third kappa shape index (κ3) is 4.24. The smallest absolute Gasteiger partial charge is 0.249 e. The molecule has 7 nitrogen and oxygen atoms in total. The highest BCUT2D eigenvalue weighted by molar-refractivity contribution is 6.01. The third-order valence-corrected chi connectivity index (χ3v) is 4.71. The lowest BCUT2D eigenvalue weighted by molar-refractivity contribution is -0.111. The minimum Gasteiger partial charge on any atom is -0.493 e. The summed E-state index contributed by atoms with van der Waals surface area (Å²) in [6.45, 7) is 0. The van der Waals surface area contributed by atoms with E-state index in [1.165, 1.54) is 18.9 Å². The maximum Gasteiger partial charge on any atom is 0.249 e. The number of hydrogen-bond donors (Lipinski definition) is 1. The standard InChI is InChI=1S/C20H25N3O4/c1-25-16-12-14(13-17(26-2)20(16)27-3)8-9-19(24)22-18-10-11-21-23(18)15-6-4-5-7-15/h8-13,15H,4-7H2,1-3H3,(H,22,24)/b9-8+. The Kier molecular flexibility index (Phi) is 6.01. The number of anilines is 1. The summed E-state index contributed by atoms with van der Waals surface area (Å²) in [6, 6.07) is 5.76. The van der Waals surface area contributed by atoms with E-state index in [-0.39, 0.29) is 5.91 Å². The fourth-order valence-electron chi connectivity index (χ4n) is 3.39. The van der Waals surface area contributed by atoms with E-state index in [1.807, 2.05) is 10.7 Å². The number of ether oxygens (including phenoxy) is 3. The second-order valence-electron chi connectivity index (χ2n) is 6.38. The van der Waals surface area contributed by atoms with Crippen molar-refractivity contribution in [3.63, 3.8) is 0 Å². The summed E-state index contributed by atoms with van der Waals surface area (Å²) >= 11 is 0. The normalized spacial score (nSPS) is 14.5. The third-order valence-electron chi connectivity index (χ3n) is 4.71. The highest BCUT2D eigenvalue weighted by Gasteiger charge is 2.20. The van der Waals surface area contributed by atoms with Crippen molar-refractivity contribution in [1.82, 2.24) is 9.78 Å². The molecule has 0 bridgehead atoms. The van der Waals surface area contributed by atoms with Crippen molar-refractivity contribution in [2.75, 3.05) is 26.6 Å². The van der Waals surface area contributed by atoms with Crippen LogP contribution in [-0.4, -0.2) is 37.0 Å². The Morgan fingerprint density at radius 3 is 2.41 bits per heavy atom. The molecule has 0 unspecified atom stereocenters. The number of nitrogens with zero attached hydrogens (tertiary/aromatic N) is 2. The monoisotopic (exact) mass is 371 g/mol. The second kappa shape index (κ2) is 8.62. The molecule has 0 spiro atoms. The zero-order valence-electron chi connectivity index (χ0n) is 15.9. The minimum absolute atomic E-state index is 0.219. The first kappa shape index (κ1) is 18.8. The maximum absolute atomic E-state index is 12.4. The Morgan fingerprint density at radius 2 is 1.81 bits per heavy atom. The molecule has 1 N–H and O–H groups in total. The molecule has 1 aromatic heterocycles. The van der Waals surface area contributed by atoms with Crippen molar-refractivity contribution in [3.8, 4) is 17.2 Å². The van der Waals surface area contributed by atoms with Gasteiger partial charge >= 0.3 is 0 Å². The van der Waals surface area contributed by atoms with Crippen molar-refractivity contribution in [2.24, 2.45) is 0 Å². The number of amides is 1. The molecular formula is C20H25N3O4. The molecule has 0 aliphatic heterocycles. The molecule has 1 aliphatic carbocycles. The lowest BCUT2D eigenvalue weighted by Crippen LogP contribution is -2.15. The van der Waals surface area contributed by atoms with E-state index < -0.39 is 0 Å². The van der Waals surface area contributed by atoms with Gasteiger partial charge in [0.1, 0.15) is 5.82 Å². The van der Waals surface area contributed by atoms with E-state index in [0.717, 1.165) is 24.2 Å². The fraction of sp³-hybridized carbons (Fsp3) is 0.400. The summed E-state index contributed by atoms with van der Waals surface area (Å²) in [7, 11) is 4.67. The SMILES string of the molecule is COc1cc(/C=C/C(=O)Nc2ccnn2C2CCCC2)cc(OC)c1OC. The number of carbonyl (C=O) groups excluding carboxylic acids is 1. The topological polar surface area (TPSA) is 74.6 Å². The lowest BCUT2D eigenvalue weighted by Gasteiger charge is -2.14. The molecular weight excluding hydrogens is 346 g/mol. The van der Waals surface area contributed by atoms with E-state index in [0.29, 0.717) is 23.3 Å². The summed E-state index contributed by atoms with van der Waals surface area (Å²) in [5.74, 6) is 2.10. The Balaban J connectivity index is 1.73. The molecule has 0 saturated heterocycles. The number of aromatic nitrogens is 2. The number of rotatable bonds is 7. The van der Waals surface area contributed by atoms with Crippen LogP contribution < -0.4 is 19.5 Å². The summed E-state index contributed by atoms with van der Waals surface area (Å²) in [5.41, 5.74) is 0.768. The predicted octanol–water partition coefficient (Wildman–Crippen LogP) is 3.68. The van der Waals surface area contributed by atoms with Crippen molar-refractivity contribution in [1.29, 1.82) is 0 Å². The molecule has 1 saturated carbocycles. The van der Waals surface area contributed by atoms with Gasteiger partial charge in [0.25, 0.3) is 0 Å². The summed E-state index contributed by atoms with van der Waals surface area (Å²) < 4.78 is 17.9. The molecule has 1 heterocycles. The van der Waals surface area contributed by atoms with Crippen LogP contribution in [0.25, 0.3) is 6.08 Å². The van der Waals surface area contributed by atoms with Crippen molar-refractivity contribution in [2.45, 2.75) is 31.7 Å². The average molecular weight is 371 g/mol. The van der Waals surface area contributed by atoms with Gasteiger partial charge in [-0.25, -0.2) is 4.68 Å². The quantitative estimate of drug-likeness (QED) is 0.752. The van der Waals surface area contributed by atoms with Gasteiger partial charge in [-0.1, -0.05) is 12.8 Å². The van der Waals surface area contributed by atoms with E-state index in [4.69, 9.17) is 14.2 Å². The van der Waals surface area contributed by atoms with Crippen LogP contribution in [0.2, 0.25) is 0 Å². The van der Waals surface area contributed by atoms with Gasteiger partial charge in [0.2, 0.25) is 11.7 Å². The summed E-state index contributed by atoms with van der Waals surface area (Å²) in [6.07, 6.45) is 9.52. The molecule has 1 aliphatic rings. The molecule has 7 heteroatoms. The number of hydrogen-bond acceptors (Lipinski definition) is 5. The molecule has 1 aromatic carbocycles. The Bertz CT molecular complexity index is 797. The molecule has 1 amide bonds. The molecule has 1 fully saturated rings. The van der Waals surface area contributed by atoms with E-state index in [9.17, 15) is 4.79 Å². The van der Waals surface area contributed by atoms with Gasteiger partial charge < -0.3 is 19.5 Å². The van der Waals surface area contributed by atoms with Gasteiger partial charge in [-0.15, -0.1) is 0 Å². The van der Waals surface area contributed by atoms with Crippen molar-refractivity contribution in [3.05, 3.63) is 36.0 Å². The zero-order chi connectivity index (χ0) is 19.2. The Morgan fingerprint density at radius 1 is 1.15 bits per heavy atom. The molecule has 144 valence electrons. The van der Waals surface area contributed by atoms with Crippen LogP contribution in [0, 0.1) is 0 Å². The number of carbonyl (C=O) groups is 1. The average Bonchev–Trinajstić information content (AvgIpc) is 3.36. The lowest BCUT2D eigenvalue weighted by atomic mass is 10.1. The maximum atomic E-state index is 12.4. The van der Waals surface area contributed by atoms with Gasteiger partial charge in [-0.3, -0.25) is 4.79 Å². The van der Waals surface area contributed by atoms with Gasteiger partial charge in [-0.2, -0.15) is 5.10 Å². The first-order valence-electron chi connectivity index (χ1n) is 8.99. The summed E-state index contributed by atoms with van der Waals surface area (Å²) in [5, 5.41) is 7.27. The van der Waals surface area contributed by atoms with Crippen LogP contribution in [0.1, 0.15) is 37.3 Å². The van der Waals surface area contributed by atoms with Crippen LogP contribution in [0.4, 0.5) is 5.82 Å². The second-order valence-corrected chi connectivity index (χ2v) is 6.38. The number of nitrogens with one attached hydrogen (secondary N) is 1. The van der Waals surface area contributed by atoms with Crippen LogP contribution in [0.5, 0.6) is 17.2 Å². The highest BCUT2D eigenvalue weighted by atomic mass is 16.5. The largest absolute Gasteiger partial charge is 0.493 e. The van der Waals surface area contributed by atoms with Crippen LogP contribution in [0.3, 0.4) is 0 Å². The Labute approximate surface area is 158 Å². The molecule has 27 heavy (non-hydrogen) atoms. The molecule has 0 radical (unpaired) electrons. The molecule has 3 rings (SSSR count). The number of methoxy groups -OCH3 is 3.